The van der Waals surface area contributed by atoms with Gasteiger partial charge >= 0.3 is 0 Å². The van der Waals surface area contributed by atoms with Crippen LogP contribution in [0.4, 0.5) is 0 Å². The Bertz CT molecular complexity index is 505. The highest BCUT2D eigenvalue weighted by Gasteiger charge is 2.37. The number of aromatic amines is 1. The Hall–Kier alpha value is -0.960. The molecule has 102 valence electrons. The maximum absolute atomic E-state index is 12.2. The van der Waals surface area contributed by atoms with Gasteiger partial charge in [-0.25, -0.2) is 13.1 Å². The lowest BCUT2D eigenvalue weighted by Crippen LogP contribution is -2.54. The van der Waals surface area contributed by atoms with Crippen molar-refractivity contribution in [3.05, 3.63) is 11.9 Å². The number of sulfonamides is 1. The van der Waals surface area contributed by atoms with Crippen molar-refractivity contribution in [1.29, 1.82) is 0 Å². The molecule has 0 atom stereocenters. The van der Waals surface area contributed by atoms with E-state index in [9.17, 15) is 13.5 Å². The lowest BCUT2D eigenvalue weighted by atomic mass is 9.93. The summed E-state index contributed by atoms with van der Waals surface area (Å²) in [5.74, 6) is 0. The van der Waals surface area contributed by atoms with Crippen LogP contribution in [0.1, 0.15) is 18.5 Å². The van der Waals surface area contributed by atoms with Crippen LogP contribution in [0, 0.1) is 6.92 Å². The molecule has 3 N–H and O–H groups in total. The molecule has 1 aliphatic rings. The van der Waals surface area contributed by atoms with Gasteiger partial charge in [0.25, 0.3) is 0 Å². The van der Waals surface area contributed by atoms with Crippen molar-refractivity contribution in [2.75, 3.05) is 19.8 Å². The van der Waals surface area contributed by atoms with Crippen molar-refractivity contribution < 1.29 is 18.3 Å². The third kappa shape index (κ3) is 2.56. The number of nitrogens with one attached hydrogen (secondary N) is 2. The summed E-state index contributed by atoms with van der Waals surface area (Å²) in [5.41, 5.74) is -0.358. The molecule has 0 radical (unpaired) electrons. The van der Waals surface area contributed by atoms with Gasteiger partial charge in [0.05, 0.1) is 24.0 Å². The topological polar surface area (TPSA) is 104 Å². The zero-order valence-corrected chi connectivity index (χ0v) is 11.0. The molecule has 0 unspecified atom stereocenters. The van der Waals surface area contributed by atoms with E-state index in [0.717, 1.165) is 0 Å². The SMILES string of the molecule is Cc1[nH]ncc1S(=O)(=O)NC1(CO)CCOCC1. The number of aryl methyl sites for hydroxylation is 1. The van der Waals surface area contributed by atoms with E-state index in [1.807, 2.05) is 0 Å². The number of rotatable bonds is 4. The molecule has 7 nitrogen and oxygen atoms in total. The number of aliphatic hydroxyl groups is 1. The molecule has 0 aliphatic carbocycles. The van der Waals surface area contributed by atoms with Gasteiger partial charge in [0.1, 0.15) is 4.90 Å². The van der Waals surface area contributed by atoms with Crippen LogP contribution >= 0.6 is 0 Å². The average molecular weight is 275 g/mol. The fourth-order valence-electron chi connectivity index (χ4n) is 2.01. The van der Waals surface area contributed by atoms with Gasteiger partial charge in [0.15, 0.2) is 0 Å². The van der Waals surface area contributed by atoms with Gasteiger partial charge in [0, 0.05) is 13.2 Å². The summed E-state index contributed by atoms with van der Waals surface area (Å²) in [6.45, 7) is 2.27. The number of aromatic nitrogens is 2. The Kier molecular flexibility index (Phi) is 3.71. The van der Waals surface area contributed by atoms with E-state index in [2.05, 4.69) is 14.9 Å². The Morgan fingerprint density at radius 2 is 2.22 bits per heavy atom. The predicted octanol–water partition coefficient (Wildman–Crippen LogP) is -0.462. The first-order chi connectivity index (χ1) is 8.49. The quantitative estimate of drug-likeness (QED) is 0.689. The summed E-state index contributed by atoms with van der Waals surface area (Å²) in [4.78, 5) is 0.113. The largest absolute Gasteiger partial charge is 0.394 e. The van der Waals surface area contributed by atoms with Gasteiger partial charge in [0.2, 0.25) is 10.0 Å². The molecule has 0 bridgehead atoms. The van der Waals surface area contributed by atoms with E-state index < -0.39 is 15.6 Å². The van der Waals surface area contributed by atoms with Crippen molar-refractivity contribution in [2.45, 2.75) is 30.2 Å². The molecule has 8 heteroatoms. The fourth-order valence-corrected chi connectivity index (χ4v) is 3.59. The second-order valence-corrected chi connectivity index (χ2v) is 6.17. The van der Waals surface area contributed by atoms with Crippen molar-refractivity contribution in [3.8, 4) is 0 Å². The van der Waals surface area contributed by atoms with Crippen molar-refractivity contribution in [3.63, 3.8) is 0 Å². The van der Waals surface area contributed by atoms with Crippen molar-refractivity contribution in [2.24, 2.45) is 0 Å². The van der Waals surface area contributed by atoms with Gasteiger partial charge in [-0.3, -0.25) is 5.10 Å². The molecular weight excluding hydrogens is 258 g/mol. The first-order valence-electron chi connectivity index (χ1n) is 5.72. The van der Waals surface area contributed by atoms with Crippen LogP contribution in [0.2, 0.25) is 0 Å². The van der Waals surface area contributed by atoms with Gasteiger partial charge in [-0.15, -0.1) is 0 Å². The summed E-state index contributed by atoms with van der Waals surface area (Å²) in [6, 6.07) is 0. The molecule has 0 amide bonds. The van der Waals surface area contributed by atoms with Crippen LogP contribution < -0.4 is 4.72 Å². The molecule has 1 fully saturated rings. The van der Waals surface area contributed by atoms with Crippen LogP contribution in [0.3, 0.4) is 0 Å². The van der Waals surface area contributed by atoms with E-state index in [0.29, 0.717) is 31.7 Å². The van der Waals surface area contributed by atoms with E-state index in [1.165, 1.54) is 6.20 Å². The number of aliphatic hydroxyl groups excluding tert-OH is 1. The molecule has 0 saturated carbocycles. The van der Waals surface area contributed by atoms with Crippen molar-refractivity contribution >= 4 is 10.0 Å². The summed E-state index contributed by atoms with van der Waals surface area (Å²) in [6.07, 6.45) is 2.18. The number of nitrogens with zero attached hydrogens (tertiary/aromatic N) is 1. The first kappa shape index (κ1) is 13.5. The molecule has 1 aromatic heterocycles. The third-order valence-corrected chi connectivity index (χ3v) is 4.87. The minimum absolute atomic E-state index is 0.113. The molecule has 0 spiro atoms. The van der Waals surface area contributed by atoms with E-state index in [-0.39, 0.29) is 11.5 Å². The Morgan fingerprint density at radius 1 is 1.56 bits per heavy atom. The maximum atomic E-state index is 12.2. The zero-order valence-electron chi connectivity index (χ0n) is 10.1. The molecule has 2 rings (SSSR count). The van der Waals surface area contributed by atoms with Crippen LogP contribution in [0.5, 0.6) is 0 Å². The second kappa shape index (κ2) is 4.96. The molecule has 0 aromatic carbocycles. The molecule has 18 heavy (non-hydrogen) atoms. The van der Waals surface area contributed by atoms with Crippen LogP contribution in [0.25, 0.3) is 0 Å². The zero-order chi connectivity index (χ0) is 13.2. The van der Waals surface area contributed by atoms with Gasteiger partial charge in [-0.2, -0.15) is 5.10 Å². The average Bonchev–Trinajstić information content (AvgIpc) is 2.77. The summed E-state index contributed by atoms with van der Waals surface area (Å²) in [7, 11) is -3.68. The van der Waals surface area contributed by atoms with Crippen LogP contribution in [-0.2, 0) is 14.8 Å². The number of hydrogen-bond acceptors (Lipinski definition) is 5. The highest BCUT2D eigenvalue weighted by atomic mass is 32.2. The number of H-pyrrole nitrogens is 1. The van der Waals surface area contributed by atoms with Crippen LogP contribution in [-0.4, -0.2) is 49.1 Å². The lowest BCUT2D eigenvalue weighted by molar-refractivity contribution is 0.0223. The number of ether oxygens (including phenoxy) is 1. The normalized spacial score (nSPS) is 19.9. The molecule has 1 aliphatic heterocycles. The van der Waals surface area contributed by atoms with E-state index in [1.54, 1.807) is 6.92 Å². The Balaban J connectivity index is 2.24. The molecular formula is C10H17N3O4S. The standard InChI is InChI=1S/C10H17N3O4S/c1-8-9(6-11-12-8)18(15,16)13-10(7-14)2-4-17-5-3-10/h6,13-14H,2-5,7H2,1H3,(H,11,12). The third-order valence-electron chi connectivity index (χ3n) is 3.18. The first-order valence-corrected chi connectivity index (χ1v) is 7.20. The lowest BCUT2D eigenvalue weighted by Gasteiger charge is -2.35. The molecule has 1 aromatic rings. The minimum atomic E-state index is -3.68. The van der Waals surface area contributed by atoms with E-state index in [4.69, 9.17) is 4.74 Å². The summed E-state index contributed by atoms with van der Waals surface area (Å²) in [5, 5.41) is 15.8. The summed E-state index contributed by atoms with van der Waals surface area (Å²) < 4.78 is 32.2. The minimum Gasteiger partial charge on any atom is -0.394 e. The Morgan fingerprint density at radius 3 is 2.72 bits per heavy atom. The van der Waals surface area contributed by atoms with Gasteiger partial charge in [-0.1, -0.05) is 0 Å². The van der Waals surface area contributed by atoms with Gasteiger partial charge in [-0.05, 0) is 19.8 Å². The van der Waals surface area contributed by atoms with Crippen molar-refractivity contribution in [1.82, 2.24) is 14.9 Å². The monoisotopic (exact) mass is 275 g/mol. The molecule has 2 heterocycles. The van der Waals surface area contributed by atoms with E-state index >= 15 is 0 Å². The predicted molar refractivity (Wildman–Crippen MR) is 63.5 cm³/mol. The smallest absolute Gasteiger partial charge is 0.244 e. The Labute approximate surface area is 106 Å². The summed E-state index contributed by atoms with van der Waals surface area (Å²) >= 11 is 0. The fraction of sp³-hybridized carbons (Fsp3) is 0.700. The second-order valence-electron chi connectivity index (χ2n) is 4.52. The molecule has 1 saturated heterocycles. The number of hydrogen-bond donors (Lipinski definition) is 3. The van der Waals surface area contributed by atoms with Gasteiger partial charge < -0.3 is 9.84 Å². The van der Waals surface area contributed by atoms with Crippen LogP contribution in [0.15, 0.2) is 11.1 Å². The highest BCUT2D eigenvalue weighted by molar-refractivity contribution is 7.89. The maximum Gasteiger partial charge on any atom is 0.244 e. The highest BCUT2D eigenvalue weighted by Crippen LogP contribution is 2.23.